The van der Waals surface area contributed by atoms with Crippen LogP contribution in [0.25, 0.3) is 36.1 Å². The van der Waals surface area contributed by atoms with E-state index in [1.54, 1.807) is 0 Å². The third-order valence-electron chi connectivity index (χ3n) is 10.6. The summed E-state index contributed by atoms with van der Waals surface area (Å²) in [7, 11) is 1.30. The number of hydrogen-bond donors (Lipinski definition) is 5. The van der Waals surface area contributed by atoms with Crippen molar-refractivity contribution in [3.8, 4) is 0 Å². The lowest BCUT2D eigenvalue weighted by Crippen LogP contribution is -2.38. The number of aromatic nitrogens is 3. The van der Waals surface area contributed by atoms with Crippen molar-refractivity contribution in [2.75, 3.05) is 13.7 Å². The van der Waals surface area contributed by atoms with Crippen LogP contribution in [0, 0.1) is 31.6 Å². The monoisotopic (exact) mass is 678 g/mol. The molecular weight excluding hydrogens is 632 g/mol. The Balaban J connectivity index is 1.63. The molecule has 1 saturated heterocycles. The van der Waals surface area contributed by atoms with Gasteiger partial charge in [-0.15, -0.1) is 0 Å². The molecule has 0 saturated carbocycles. The number of carbonyl (C=O) groups is 3. The molecule has 10 nitrogen and oxygen atoms in total. The summed E-state index contributed by atoms with van der Waals surface area (Å²) < 4.78 is 10.7. The van der Waals surface area contributed by atoms with Gasteiger partial charge >= 0.3 is 11.9 Å². The molecule has 1 unspecified atom stereocenters. The van der Waals surface area contributed by atoms with Crippen molar-refractivity contribution in [3.05, 3.63) is 90.1 Å². The van der Waals surface area contributed by atoms with Crippen molar-refractivity contribution in [2.45, 2.75) is 66.8 Å². The number of fused-ring (bicyclic) bond motifs is 8. The van der Waals surface area contributed by atoms with Crippen LogP contribution in [0.5, 0.6) is 0 Å². The van der Waals surface area contributed by atoms with Crippen molar-refractivity contribution in [1.82, 2.24) is 20.3 Å². The molecule has 8 bridgehead atoms. The molecule has 10 heteroatoms. The predicted molar refractivity (Wildman–Crippen MR) is 194 cm³/mol. The minimum absolute atomic E-state index is 0.0798. The van der Waals surface area contributed by atoms with E-state index >= 15 is 0 Å². The quantitative estimate of drug-likeness (QED) is 0.139. The number of rotatable bonds is 8. The molecule has 0 amide bonds. The van der Waals surface area contributed by atoms with Gasteiger partial charge in [0.25, 0.3) is 0 Å². The summed E-state index contributed by atoms with van der Waals surface area (Å²) in [5.41, 5.74) is 9.08. The maximum atomic E-state index is 14.2. The number of hydrogen-bond acceptors (Lipinski definition) is 7. The maximum absolute atomic E-state index is 14.2. The number of aliphatic hydroxyl groups excluding tert-OH is 1. The smallest absolute Gasteiger partial charge is 0.320 e. The van der Waals surface area contributed by atoms with Gasteiger partial charge in [-0.1, -0.05) is 32.1 Å². The van der Waals surface area contributed by atoms with Crippen LogP contribution in [0.3, 0.4) is 0 Å². The summed E-state index contributed by atoms with van der Waals surface area (Å²) >= 11 is 0. The number of ketones is 1. The van der Waals surface area contributed by atoms with Gasteiger partial charge in [0.1, 0.15) is 12.5 Å². The van der Waals surface area contributed by atoms with Gasteiger partial charge in [-0.25, -0.2) is 0 Å². The van der Waals surface area contributed by atoms with Gasteiger partial charge in [0, 0.05) is 56.8 Å². The van der Waals surface area contributed by atoms with Gasteiger partial charge in [0.05, 0.1) is 30.1 Å². The van der Waals surface area contributed by atoms with Gasteiger partial charge in [-0.3, -0.25) is 14.4 Å². The highest BCUT2D eigenvalue weighted by atomic mass is 16.5. The molecule has 262 valence electrons. The highest BCUT2D eigenvalue weighted by molar-refractivity contribution is 6.19. The van der Waals surface area contributed by atoms with Crippen LogP contribution < -0.4 is 26.6 Å². The number of Topliss-reactive ketones (excluding diaryl/α,β-unsaturated/α-hetero) is 1. The number of esters is 2. The van der Waals surface area contributed by atoms with Gasteiger partial charge in [-0.05, 0) is 93.0 Å². The second-order valence-electron chi connectivity index (χ2n) is 13.7. The molecule has 0 aromatic carbocycles. The molecular formula is C40H46N4O6. The molecule has 4 atom stereocenters. The molecule has 50 heavy (non-hydrogen) atoms. The number of carbonyl (C=O) groups excluding carboxylic acids is 3. The molecule has 3 aromatic heterocycles. The molecule has 2 aliphatic heterocycles. The number of nitrogens with one attached hydrogen (secondary N) is 4. The zero-order valence-electron chi connectivity index (χ0n) is 29.8. The second-order valence-corrected chi connectivity index (χ2v) is 13.7. The van der Waals surface area contributed by atoms with Crippen LogP contribution in [0.15, 0.2) is 23.9 Å². The summed E-state index contributed by atoms with van der Waals surface area (Å²) in [5, 5.41) is 16.8. The number of aromatic amines is 3. The van der Waals surface area contributed by atoms with E-state index in [9.17, 15) is 19.5 Å². The minimum atomic E-state index is -1.14. The molecule has 3 aliphatic rings. The fraction of sp³-hybridized carbons (Fsp3) is 0.375. The van der Waals surface area contributed by atoms with Crippen molar-refractivity contribution in [3.63, 3.8) is 0 Å². The fourth-order valence-electron chi connectivity index (χ4n) is 7.87. The first-order valence-electron chi connectivity index (χ1n) is 17.2. The summed E-state index contributed by atoms with van der Waals surface area (Å²) in [6.07, 6.45) is 12.1. The number of aliphatic hydroxyl groups is 1. The number of allylic oxidation sites excluding steroid dienone is 2. The lowest BCUT2D eigenvalue weighted by atomic mass is 9.80. The van der Waals surface area contributed by atoms with Crippen molar-refractivity contribution < 1.29 is 29.0 Å². The first-order valence-corrected chi connectivity index (χ1v) is 17.2. The van der Waals surface area contributed by atoms with E-state index in [1.165, 1.54) is 7.11 Å². The van der Waals surface area contributed by atoms with E-state index in [2.05, 4.69) is 39.8 Å². The summed E-state index contributed by atoms with van der Waals surface area (Å²) in [5.74, 6) is -2.62. The summed E-state index contributed by atoms with van der Waals surface area (Å²) in [6, 6.07) is -0.464. The van der Waals surface area contributed by atoms with E-state index in [0.29, 0.717) is 45.5 Å². The number of H-pyrrole nitrogens is 3. The van der Waals surface area contributed by atoms with Crippen LogP contribution in [0.1, 0.15) is 90.2 Å². The largest absolute Gasteiger partial charge is 0.515 e. The topological polar surface area (TPSA) is 149 Å². The molecule has 3 aromatic rings. The van der Waals surface area contributed by atoms with Crippen molar-refractivity contribution in [2.24, 2.45) is 17.8 Å². The molecule has 0 spiro atoms. The molecule has 1 aliphatic carbocycles. The van der Waals surface area contributed by atoms with Crippen LogP contribution in [0.4, 0.5) is 0 Å². The Bertz CT molecular complexity index is 2240. The summed E-state index contributed by atoms with van der Waals surface area (Å²) in [4.78, 5) is 51.2. The Morgan fingerprint density at radius 2 is 1.76 bits per heavy atom. The first-order chi connectivity index (χ1) is 23.9. The number of ether oxygens (including phenoxy) is 2. The summed E-state index contributed by atoms with van der Waals surface area (Å²) in [6.45, 7) is 16.2. The van der Waals surface area contributed by atoms with Gasteiger partial charge in [-0.2, -0.15) is 0 Å². The van der Waals surface area contributed by atoms with Gasteiger partial charge < -0.3 is 34.8 Å². The fourth-order valence-corrected chi connectivity index (χ4v) is 7.87. The lowest BCUT2D eigenvalue weighted by Gasteiger charge is -2.25. The molecule has 1 fully saturated rings. The minimum Gasteiger partial charge on any atom is -0.515 e. The molecule has 5 heterocycles. The van der Waals surface area contributed by atoms with Crippen LogP contribution in [0.2, 0.25) is 0 Å². The second kappa shape index (κ2) is 13.6. The van der Waals surface area contributed by atoms with Gasteiger partial charge in [0.2, 0.25) is 0 Å². The van der Waals surface area contributed by atoms with Crippen LogP contribution >= 0.6 is 0 Å². The van der Waals surface area contributed by atoms with E-state index in [4.69, 9.17) is 9.47 Å². The molecule has 0 radical (unpaired) electrons. The highest BCUT2D eigenvalue weighted by Crippen LogP contribution is 2.42. The Morgan fingerprint density at radius 3 is 2.42 bits per heavy atom. The standard InChI is InChI=1S/C40H46N4O6/c1-9-23-20(5)27-15-28-21(6)25(11-12-33(46)50-14-13-19(3)4)37(43-28)35-36(40(48)49-8)39(47)34-22(7)29(44-38(34)35)16-31-24(10-2)26(18-45)32(42-31)17-30(23)41-27/h9,13,15-18,21,25,36-37,41-45H,1,10-12,14H2,2-8H3/b26-18-,28-15-,29-16-,32-17-/t21-,25-,36+,37?/m0/s1. The Morgan fingerprint density at radius 1 is 1.02 bits per heavy atom. The van der Waals surface area contributed by atoms with Gasteiger partial charge in [0.15, 0.2) is 5.78 Å². The Kier molecular flexibility index (Phi) is 9.39. The lowest BCUT2D eigenvalue weighted by molar-refractivity contribution is -0.143. The average molecular weight is 679 g/mol. The van der Waals surface area contributed by atoms with Crippen LogP contribution in [-0.4, -0.2) is 57.5 Å². The molecule has 5 N–H and O–H groups in total. The number of methoxy groups -OCH3 is 1. The van der Waals surface area contributed by atoms with E-state index in [-0.39, 0.29) is 36.6 Å². The van der Waals surface area contributed by atoms with E-state index in [0.717, 1.165) is 56.7 Å². The third kappa shape index (κ3) is 5.76. The average Bonchev–Trinajstić information content (AvgIpc) is 3.83. The third-order valence-corrected chi connectivity index (χ3v) is 10.6. The normalized spacial score (nSPS) is 23.3. The Labute approximate surface area is 291 Å². The zero-order valence-corrected chi connectivity index (χ0v) is 29.8. The van der Waals surface area contributed by atoms with E-state index in [1.807, 2.05) is 58.9 Å². The highest BCUT2D eigenvalue weighted by Gasteiger charge is 2.49. The van der Waals surface area contributed by atoms with Crippen molar-refractivity contribution >= 4 is 53.9 Å². The molecule has 6 rings (SSSR count). The predicted octanol–water partition coefficient (Wildman–Crippen LogP) is 3.45. The van der Waals surface area contributed by atoms with E-state index < -0.39 is 17.9 Å². The SMILES string of the molecule is C=Cc1c2[nH]c(c1C)/C=C1\NC(C3=c4[nH]/c(c(C)c4C(=O)[C@@H]3C(=O)OC)=C\c3[nH]c(/c(=C\O)c3CC)=C\2)[C@@H](CCC(=O)OCC=C(C)C)[C@@H]1C. The van der Waals surface area contributed by atoms with Crippen molar-refractivity contribution in [1.29, 1.82) is 0 Å². The van der Waals surface area contributed by atoms with Crippen LogP contribution in [-0.2, 0) is 25.5 Å². The zero-order chi connectivity index (χ0) is 36.0. The Hall–Kier alpha value is -5.25. The first kappa shape index (κ1) is 34.6. The maximum Gasteiger partial charge on any atom is 0.320 e.